The third-order valence-corrected chi connectivity index (χ3v) is 7.38. The molecule has 0 radical (unpaired) electrons. The van der Waals surface area contributed by atoms with Gasteiger partial charge in [0.05, 0.1) is 4.90 Å². The highest BCUT2D eigenvalue weighted by Gasteiger charge is 2.25. The lowest BCUT2D eigenvalue weighted by Crippen LogP contribution is -2.31. The molecular weight excluding hydrogens is 428 g/mol. The number of tetrazole rings is 1. The Hall–Kier alpha value is -3.11. The summed E-state index contributed by atoms with van der Waals surface area (Å²) in [5.74, 6) is 0.126. The van der Waals surface area contributed by atoms with Gasteiger partial charge in [-0.1, -0.05) is 37.1 Å². The number of amides is 1. The van der Waals surface area contributed by atoms with Crippen LogP contribution in [0.5, 0.6) is 0 Å². The second-order valence-electron chi connectivity index (χ2n) is 7.85. The summed E-state index contributed by atoms with van der Waals surface area (Å²) in [6.07, 6.45) is 3.89. The minimum atomic E-state index is -3.52. The molecule has 2 heterocycles. The fourth-order valence-electron chi connectivity index (χ4n) is 3.71. The lowest BCUT2D eigenvalue weighted by Gasteiger charge is -2.20. The molecule has 1 aromatic heterocycles. The van der Waals surface area contributed by atoms with Gasteiger partial charge in [0, 0.05) is 24.3 Å². The smallest absolute Gasteiger partial charge is 0.248 e. The second kappa shape index (κ2) is 9.58. The largest absolute Gasteiger partial charge is 0.324 e. The van der Waals surface area contributed by atoms with Crippen LogP contribution in [0.1, 0.15) is 31.2 Å². The number of anilines is 1. The van der Waals surface area contributed by atoms with Crippen LogP contribution in [0.3, 0.4) is 0 Å². The van der Waals surface area contributed by atoms with Crippen LogP contribution in [-0.4, -0.2) is 51.9 Å². The number of hydrogen-bond donors (Lipinski definition) is 1. The minimum absolute atomic E-state index is 0.104. The fourth-order valence-corrected chi connectivity index (χ4v) is 5.23. The third-order valence-electron chi connectivity index (χ3n) is 5.46. The van der Waals surface area contributed by atoms with E-state index in [0.717, 1.165) is 36.8 Å². The Labute approximate surface area is 187 Å². The highest BCUT2D eigenvalue weighted by atomic mass is 32.2. The van der Waals surface area contributed by atoms with Gasteiger partial charge in [-0.05, 0) is 54.8 Å². The highest BCUT2D eigenvalue weighted by Crippen LogP contribution is 2.22. The van der Waals surface area contributed by atoms with E-state index in [-0.39, 0.29) is 17.3 Å². The first kappa shape index (κ1) is 22.1. The monoisotopic (exact) mass is 454 g/mol. The lowest BCUT2D eigenvalue weighted by molar-refractivity contribution is -0.117. The predicted molar refractivity (Wildman–Crippen MR) is 120 cm³/mol. The van der Waals surface area contributed by atoms with Crippen LogP contribution < -0.4 is 5.32 Å². The van der Waals surface area contributed by atoms with Crippen LogP contribution in [0.4, 0.5) is 5.69 Å². The van der Waals surface area contributed by atoms with E-state index < -0.39 is 10.0 Å². The number of aromatic nitrogens is 4. The van der Waals surface area contributed by atoms with Crippen LogP contribution in [0.2, 0.25) is 0 Å². The molecule has 4 rings (SSSR count). The van der Waals surface area contributed by atoms with Crippen molar-refractivity contribution in [3.63, 3.8) is 0 Å². The third kappa shape index (κ3) is 5.03. The maximum absolute atomic E-state index is 12.9. The first-order valence-corrected chi connectivity index (χ1v) is 12.1. The van der Waals surface area contributed by atoms with Gasteiger partial charge in [-0.2, -0.15) is 9.10 Å². The molecule has 0 saturated carbocycles. The fraction of sp³-hybridized carbons (Fsp3) is 0.364. The van der Waals surface area contributed by atoms with Gasteiger partial charge in [0.1, 0.15) is 6.54 Å². The molecule has 9 nitrogen and oxygen atoms in total. The quantitative estimate of drug-likeness (QED) is 0.613. The van der Waals surface area contributed by atoms with Crippen molar-refractivity contribution >= 4 is 21.6 Å². The molecule has 1 aliphatic heterocycles. The van der Waals surface area contributed by atoms with Crippen LogP contribution >= 0.6 is 0 Å². The minimum Gasteiger partial charge on any atom is -0.324 e. The summed E-state index contributed by atoms with van der Waals surface area (Å²) in [6.45, 7) is 2.96. The van der Waals surface area contributed by atoms with E-state index in [0.29, 0.717) is 24.6 Å². The molecule has 0 aliphatic carbocycles. The average molecular weight is 455 g/mol. The van der Waals surface area contributed by atoms with Crippen LogP contribution in [0, 0.1) is 6.92 Å². The van der Waals surface area contributed by atoms with Crippen molar-refractivity contribution in [3.8, 4) is 11.4 Å². The molecule has 1 fully saturated rings. The molecule has 1 amide bonds. The number of benzene rings is 2. The number of rotatable bonds is 6. The van der Waals surface area contributed by atoms with Gasteiger partial charge in [-0.15, -0.1) is 10.2 Å². The Morgan fingerprint density at radius 3 is 2.38 bits per heavy atom. The van der Waals surface area contributed by atoms with Crippen molar-refractivity contribution in [2.75, 3.05) is 18.4 Å². The predicted octanol–water partition coefficient (Wildman–Crippen LogP) is 2.85. The summed E-state index contributed by atoms with van der Waals surface area (Å²) in [4.78, 5) is 13.9. The molecular formula is C22H26N6O3S. The van der Waals surface area contributed by atoms with Crippen molar-refractivity contribution in [2.24, 2.45) is 0 Å². The molecule has 0 spiro atoms. The summed E-state index contributed by atoms with van der Waals surface area (Å²) in [6, 6.07) is 13.9. The molecule has 1 saturated heterocycles. The van der Waals surface area contributed by atoms with Gasteiger partial charge in [-0.25, -0.2) is 8.42 Å². The Kier molecular flexibility index (Phi) is 6.61. The summed E-state index contributed by atoms with van der Waals surface area (Å²) in [5.41, 5.74) is 2.39. The first-order chi connectivity index (χ1) is 15.4. The standard InChI is InChI=1S/C22H26N6O3S/c1-17-8-4-5-9-20(17)22-24-26-28(25-22)16-21(29)23-18-10-12-19(13-11-18)32(30,31)27-14-6-2-3-7-15-27/h4-5,8-13H,2-3,6-7,14-16H2,1H3,(H,23,29). The number of aryl methyl sites for hydroxylation is 1. The zero-order valence-electron chi connectivity index (χ0n) is 17.9. The molecule has 0 bridgehead atoms. The van der Waals surface area contributed by atoms with Crippen molar-refractivity contribution in [1.29, 1.82) is 0 Å². The SMILES string of the molecule is Cc1ccccc1-c1nnn(CC(=O)Nc2ccc(S(=O)(=O)N3CCCCCC3)cc2)n1. The number of nitrogens with zero attached hydrogens (tertiary/aromatic N) is 5. The zero-order chi connectivity index (χ0) is 22.6. The summed E-state index contributed by atoms with van der Waals surface area (Å²) >= 11 is 0. The number of sulfonamides is 1. The first-order valence-electron chi connectivity index (χ1n) is 10.7. The average Bonchev–Trinajstić information content (AvgIpc) is 3.05. The van der Waals surface area contributed by atoms with Crippen molar-refractivity contribution in [2.45, 2.75) is 44.0 Å². The topological polar surface area (TPSA) is 110 Å². The van der Waals surface area contributed by atoms with E-state index in [9.17, 15) is 13.2 Å². The highest BCUT2D eigenvalue weighted by molar-refractivity contribution is 7.89. The lowest BCUT2D eigenvalue weighted by atomic mass is 10.1. The van der Waals surface area contributed by atoms with Crippen LogP contribution in [0.25, 0.3) is 11.4 Å². The molecule has 0 atom stereocenters. The van der Waals surface area contributed by atoms with Crippen LogP contribution in [0.15, 0.2) is 53.4 Å². The maximum Gasteiger partial charge on any atom is 0.248 e. The number of nitrogens with one attached hydrogen (secondary N) is 1. The van der Waals surface area contributed by atoms with Crippen molar-refractivity contribution in [3.05, 3.63) is 54.1 Å². The molecule has 3 aromatic rings. The normalized spacial score (nSPS) is 15.3. The van der Waals surface area contributed by atoms with Crippen molar-refractivity contribution in [1.82, 2.24) is 24.5 Å². The Morgan fingerprint density at radius 2 is 1.69 bits per heavy atom. The molecule has 1 N–H and O–H groups in total. The summed E-state index contributed by atoms with van der Waals surface area (Å²) < 4.78 is 27.3. The molecule has 32 heavy (non-hydrogen) atoms. The molecule has 10 heteroatoms. The molecule has 168 valence electrons. The van der Waals surface area contributed by atoms with Gasteiger partial charge >= 0.3 is 0 Å². The van der Waals surface area contributed by atoms with E-state index in [1.54, 1.807) is 16.4 Å². The van der Waals surface area contributed by atoms with E-state index in [2.05, 4.69) is 20.7 Å². The molecule has 2 aromatic carbocycles. The van der Waals surface area contributed by atoms with E-state index in [4.69, 9.17) is 0 Å². The summed E-state index contributed by atoms with van der Waals surface area (Å²) in [5, 5.41) is 15.0. The molecule has 0 unspecified atom stereocenters. The Morgan fingerprint density at radius 1 is 1.00 bits per heavy atom. The van der Waals surface area contributed by atoms with Gasteiger partial charge in [0.2, 0.25) is 21.8 Å². The summed E-state index contributed by atoms with van der Waals surface area (Å²) in [7, 11) is -3.52. The van der Waals surface area contributed by atoms with E-state index >= 15 is 0 Å². The van der Waals surface area contributed by atoms with Gasteiger partial charge in [-0.3, -0.25) is 4.79 Å². The van der Waals surface area contributed by atoms with Gasteiger partial charge < -0.3 is 5.32 Å². The van der Waals surface area contributed by atoms with Crippen LogP contribution in [-0.2, 0) is 21.4 Å². The van der Waals surface area contributed by atoms with Crippen molar-refractivity contribution < 1.29 is 13.2 Å². The Balaban J connectivity index is 1.38. The number of carbonyl (C=O) groups is 1. The van der Waals surface area contributed by atoms with Gasteiger partial charge in [0.25, 0.3) is 0 Å². The van der Waals surface area contributed by atoms with Gasteiger partial charge in [0.15, 0.2) is 0 Å². The number of hydrogen-bond acceptors (Lipinski definition) is 6. The maximum atomic E-state index is 12.9. The number of carbonyl (C=O) groups excluding carboxylic acids is 1. The zero-order valence-corrected chi connectivity index (χ0v) is 18.8. The van der Waals surface area contributed by atoms with E-state index in [1.807, 2.05) is 31.2 Å². The Bertz CT molecular complexity index is 1180. The molecule has 1 aliphatic rings. The van der Waals surface area contributed by atoms with E-state index in [1.165, 1.54) is 16.9 Å². The second-order valence-corrected chi connectivity index (χ2v) is 9.79.